The monoisotopic (exact) mass is 254 g/mol. The first-order valence-corrected chi connectivity index (χ1v) is 6.10. The summed E-state index contributed by atoms with van der Waals surface area (Å²) in [4.78, 5) is 18.0. The third-order valence-corrected chi connectivity index (χ3v) is 3.12. The van der Waals surface area contributed by atoms with E-state index in [1.54, 1.807) is 6.20 Å². The van der Waals surface area contributed by atoms with Gasteiger partial charge in [0.2, 0.25) is 5.91 Å². The van der Waals surface area contributed by atoms with Crippen molar-refractivity contribution in [2.24, 2.45) is 5.73 Å². The number of aromatic nitrogens is 1. The van der Waals surface area contributed by atoms with Crippen LogP contribution in [0, 0.1) is 0 Å². The van der Waals surface area contributed by atoms with Crippen molar-refractivity contribution in [1.82, 2.24) is 4.98 Å². The van der Waals surface area contributed by atoms with Gasteiger partial charge in [0.05, 0.1) is 22.8 Å². The van der Waals surface area contributed by atoms with E-state index in [1.165, 1.54) is 0 Å². The predicted molar refractivity (Wildman–Crippen MR) is 74.2 cm³/mol. The number of nitrogens with one attached hydrogen (secondary N) is 1. The molecule has 1 aliphatic heterocycles. The first-order chi connectivity index (χ1) is 9.29. The minimum Gasteiger partial charge on any atom is -0.329 e. The molecule has 3 N–H and O–H groups in total. The van der Waals surface area contributed by atoms with Crippen LogP contribution in [0.2, 0.25) is 0 Å². The zero-order valence-electron chi connectivity index (χ0n) is 10.3. The first-order valence-electron chi connectivity index (χ1n) is 6.10. The minimum absolute atomic E-state index is 0.0366. The number of anilines is 3. The van der Waals surface area contributed by atoms with Crippen LogP contribution in [0.1, 0.15) is 5.69 Å². The fourth-order valence-electron chi connectivity index (χ4n) is 2.28. The van der Waals surface area contributed by atoms with E-state index in [4.69, 9.17) is 5.73 Å². The summed E-state index contributed by atoms with van der Waals surface area (Å²) in [6.07, 6.45) is 1.71. The molecule has 1 amide bonds. The normalized spacial score (nSPS) is 13.9. The molecule has 5 nitrogen and oxygen atoms in total. The summed E-state index contributed by atoms with van der Waals surface area (Å²) in [6.45, 7) is 0.617. The molecule has 0 radical (unpaired) electrons. The maximum atomic E-state index is 11.8. The molecule has 0 bridgehead atoms. The van der Waals surface area contributed by atoms with Crippen molar-refractivity contribution in [3.63, 3.8) is 0 Å². The highest BCUT2D eigenvalue weighted by Crippen LogP contribution is 2.35. The van der Waals surface area contributed by atoms with Gasteiger partial charge in [0.15, 0.2) is 0 Å². The Hall–Kier alpha value is -2.40. The molecule has 0 atom stereocenters. The van der Waals surface area contributed by atoms with Crippen LogP contribution in [0.4, 0.5) is 17.1 Å². The molecule has 1 aromatic heterocycles. The maximum Gasteiger partial charge on any atom is 0.244 e. The number of hydrogen-bond donors (Lipinski definition) is 2. The van der Waals surface area contributed by atoms with Gasteiger partial charge in [0.25, 0.3) is 0 Å². The zero-order valence-corrected chi connectivity index (χ0v) is 10.3. The van der Waals surface area contributed by atoms with E-state index in [2.05, 4.69) is 10.3 Å². The molecule has 5 heteroatoms. The van der Waals surface area contributed by atoms with Gasteiger partial charge >= 0.3 is 0 Å². The summed E-state index contributed by atoms with van der Waals surface area (Å²) in [6, 6.07) is 11.5. The lowest BCUT2D eigenvalue weighted by Crippen LogP contribution is -2.35. The van der Waals surface area contributed by atoms with Crippen molar-refractivity contribution in [3.8, 4) is 0 Å². The van der Waals surface area contributed by atoms with Crippen molar-refractivity contribution in [2.75, 3.05) is 16.8 Å². The highest BCUT2D eigenvalue weighted by molar-refractivity contribution is 6.03. The van der Waals surface area contributed by atoms with Crippen LogP contribution in [0.15, 0.2) is 42.6 Å². The number of hydrogen-bond acceptors (Lipinski definition) is 4. The molecule has 2 aromatic rings. The summed E-state index contributed by atoms with van der Waals surface area (Å²) >= 11 is 0. The second-order valence-electron chi connectivity index (χ2n) is 4.32. The Labute approximate surface area is 111 Å². The number of pyridine rings is 1. The third-order valence-electron chi connectivity index (χ3n) is 3.12. The molecule has 0 spiro atoms. The average molecular weight is 254 g/mol. The summed E-state index contributed by atoms with van der Waals surface area (Å²) < 4.78 is 0. The van der Waals surface area contributed by atoms with Crippen LogP contribution < -0.4 is 16.0 Å². The van der Waals surface area contributed by atoms with Crippen LogP contribution in [0.5, 0.6) is 0 Å². The van der Waals surface area contributed by atoms with E-state index in [9.17, 15) is 4.79 Å². The van der Waals surface area contributed by atoms with Crippen molar-refractivity contribution in [2.45, 2.75) is 6.54 Å². The Bertz CT molecular complexity index is 626. The average Bonchev–Trinajstić information content (AvgIpc) is 2.46. The van der Waals surface area contributed by atoms with E-state index >= 15 is 0 Å². The van der Waals surface area contributed by atoms with Gasteiger partial charge in [-0.15, -0.1) is 0 Å². The third kappa shape index (κ3) is 2.04. The van der Waals surface area contributed by atoms with Crippen LogP contribution in [0.3, 0.4) is 0 Å². The second kappa shape index (κ2) is 4.70. The highest BCUT2D eigenvalue weighted by Gasteiger charge is 2.24. The van der Waals surface area contributed by atoms with Crippen molar-refractivity contribution in [3.05, 3.63) is 48.3 Å². The number of nitrogens with zero attached hydrogens (tertiary/aromatic N) is 2. The fraction of sp³-hybridized carbons (Fsp3) is 0.143. The van der Waals surface area contributed by atoms with Crippen LogP contribution in [-0.4, -0.2) is 17.4 Å². The SMILES string of the molecule is NCc1ncccc1N1CC(=O)Nc2ccccc21. The Morgan fingerprint density at radius 3 is 2.84 bits per heavy atom. The second-order valence-corrected chi connectivity index (χ2v) is 4.32. The van der Waals surface area contributed by atoms with E-state index in [0.717, 1.165) is 22.8 Å². The van der Waals surface area contributed by atoms with Gasteiger partial charge < -0.3 is 16.0 Å². The van der Waals surface area contributed by atoms with Gasteiger partial charge in [-0.1, -0.05) is 12.1 Å². The highest BCUT2D eigenvalue weighted by atomic mass is 16.2. The van der Waals surface area contributed by atoms with E-state index in [0.29, 0.717) is 6.54 Å². The van der Waals surface area contributed by atoms with Crippen LogP contribution in [0.25, 0.3) is 0 Å². The molecular formula is C14H14N4O. The number of carbonyl (C=O) groups excluding carboxylic acids is 1. The largest absolute Gasteiger partial charge is 0.329 e. The molecule has 3 rings (SSSR count). The standard InChI is InChI=1S/C14H14N4O/c15-8-11-13(6-3-7-16-11)18-9-14(19)17-10-4-1-2-5-12(10)18/h1-7H,8-9,15H2,(H,17,19). The molecule has 0 unspecified atom stereocenters. The first kappa shape index (κ1) is 11.7. The lowest BCUT2D eigenvalue weighted by atomic mass is 10.1. The Balaban J connectivity index is 2.13. The lowest BCUT2D eigenvalue weighted by molar-refractivity contribution is -0.115. The van der Waals surface area contributed by atoms with E-state index in [-0.39, 0.29) is 12.5 Å². The van der Waals surface area contributed by atoms with Crippen LogP contribution in [-0.2, 0) is 11.3 Å². The molecule has 96 valence electrons. The summed E-state index contributed by atoms with van der Waals surface area (Å²) in [5.74, 6) is -0.0366. The smallest absolute Gasteiger partial charge is 0.244 e. The number of rotatable bonds is 2. The number of fused-ring (bicyclic) bond motifs is 1. The number of carbonyl (C=O) groups is 1. The van der Waals surface area contributed by atoms with Gasteiger partial charge in [-0.2, -0.15) is 0 Å². The maximum absolute atomic E-state index is 11.8. The van der Waals surface area contributed by atoms with E-state index in [1.807, 2.05) is 41.3 Å². The Morgan fingerprint density at radius 1 is 1.21 bits per heavy atom. The molecule has 1 aliphatic rings. The number of para-hydroxylation sites is 2. The minimum atomic E-state index is -0.0366. The van der Waals surface area contributed by atoms with Gasteiger partial charge in [0.1, 0.15) is 6.54 Å². The summed E-state index contributed by atoms with van der Waals surface area (Å²) in [7, 11) is 0. The van der Waals surface area contributed by atoms with Crippen molar-refractivity contribution >= 4 is 23.0 Å². The molecule has 0 saturated heterocycles. The summed E-state index contributed by atoms with van der Waals surface area (Å²) in [5.41, 5.74) is 9.16. The Morgan fingerprint density at radius 2 is 2.00 bits per heavy atom. The van der Waals surface area contributed by atoms with Gasteiger partial charge in [-0.05, 0) is 24.3 Å². The molecule has 0 saturated carbocycles. The topological polar surface area (TPSA) is 71.2 Å². The van der Waals surface area contributed by atoms with Crippen molar-refractivity contribution < 1.29 is 4.79 Å². The number of nitrogens with two attached hydrogens (primary N) is 1. The predicted octanol–water partition coefficient (Wildman–Crippen LogP) is 1.63. The van der Waals surface area contributed by atoms with Gasteiger partial charge in [-0.3, -0.25) is 9.78 Å². The Kier molecular flexibility index (Phi) is 2.89. The van der Waals surface area contributed by atoms with Gasteiger partial charge in [-0.25, -0.2) is 0 Å². The molecule has 1 aromatic carbocycles. The lowest BCUT2D eigenvalue weighted by Gasteiger charge is -2.31. The summed E-state index contributed by atoms with van der Waals surface area (Å²) in [5, 5.41) is 2.86. The van der Waals surface area contributed by atoms with Crippen molar-refractivity contribution in [1.29, 1.82) is 0 Å². The van der Waals surface area contributed by atoms with Gasteiger partial charge in [0, 0.05) is 12.7 Å². The molecule has 0 fully saturated rings. The van der Waals surface area contributed by atoms with Crippen LogP contribution >= 0.6 is 0 Å². The zero-order chi connectivity index (χ0) is 13.2. The number of benzene rings is 1. The van der Waals surface area contributed by atoms with E-state index < -0.39 is 0 Å². The quantitative estimate of drug-likeness (QED) is 0.854. The fourth-order valence-corrected chi connectivity index (χ4v) is 2.28. The molecule has 19 heavy (non-hydrogen) atoms. The number of amides is 1. The molecule has 2 heterocycles. The molecule has 0 aliphatic carbocycles. The molecular weight excluding hydrogens is 240 g/mol.